The van der Waals surface area contributed by atoms with Crippen molar-refractivity contribution in [1.82, 2.24) is 14.8 Å². The number of aliphatic hydroxyl groups is 1. The second kappa shape index (κ2) is 8.96. The van der Waals surface area contributed by atoms with E-state index >= 15 is 0 Å². The van der Waals surface area contributed by atoms with Crippen molar-refractivity contribution in [2.24, 2.45) is 0 Å². The van der Waals surface area contributed by atoms with E-state index in [9.17, 15) is 5.11 Å². The highest BCUT2D eigenvalue weighted by molar-refractivity contribution is 5.36. The molecule has 1 fully saturated rings. The molecule has 1 atom stereocenters. The molecule has 146 valence electrons. The van der Waals surface area contributed by atoms with E-state index in [-0.39, 0.29) is 6.61 Å². The molecule has 4 nitrogen and oxygen atoms in total. The molecule has 0 aliphatic carbocycles. The molecule has 2 aromatic rings. The Bertz CT molecular complexity index is 774. The lowest BCUT2D eigenvalue weighted by atomic mass is 9.99. The number of aromatic nitrogens is 1. The first-order valence-electron chi connectivity index (χ1n) is 10.0. The average molecular weight is 368 g/mol. The minimum atomic E-state index is 0.235. The van der Waals surface area contributed by atoms with Crippen LogP contribution >= 0.6 is 0 Å². The predicted octanol–water partition coefficient (Wildman–Crippen LogP) is 3.38. The highest BCUT2D eigenvalue weighted by atomic mass is 16.3. The van der Waals surface area contributed by atoms with Crippen LogP contribution in [0.4, 0.5) is 0 Å². The summed E-state index contributed by atoms with van der Waals surface area (Å²) in [6, 6.07) is 11.2. The van der Waals surface area contributed by atoms with Crippen LogP contribution in [0.2, 0.25) is 0 Å². The first kappa shape index (κ1) is 20.0. The summed E-state index contributed by atoms with van der Waals surface area (Å²) in [5.74, 6) is 0. The quantitative estimate of drug-likeness (QED) is 0.850. The van der Waals surface area contributed by atoms with E-state index in [1.54, 1.807) is 0 Å². The van der Waals surface area contributed by atoms with E-state index in [0.717, 1.165) is 50.5 Å². The number of hydrogen-bond acceptors (Lipinski definition) is 4. The van der Waals surface area contributed by atoms with Crippen molar-refractivity contribution in [2.45, 2.75) is 53.2 Å². The van der Waals surface area contributed by atoms with Crippen molar-refractivity contribution in [3.63, 3.8) is 0 Å². The van der Waals surface area contributed by atoms with Crippen LogP contribution in [0.3, 0.4) is 0 Å². The van der Waals surface area contributed by atoms with Gasteiger partial charge in [0.2, 0.25) is 0 Å². The summed E-state index contributed by atoms with van der Waals surface area (Å²) < 4.78 is 0. The number of nitrogens with zero attached hydrogens (tertiary/aromatic N) is 3. The SMILES string of the molecule is Cc1cccc(CN2CCN(Cc3cc(C)c(C)cc3C)C[C@@H]2CCO)n1. The molecule has 27 heavy (non-hydrogen) atoms. The first-order valence-corrected chi connectivity index (χ1v) is 10.0. The molecule has 1 aromatic heterocycles. The third-order valence-electron chi connectivity index (χ3n) is 5.81. The Balaban J connectivity index is 1.67. The lowest BCUT2D eigenvalue weighted by Crippen LogP contribution is -2.52. The van der Waals surface area contributed by atoms with Crippen LogP contribution < -0.4 is 0 Å². The number of piperazine rings is 1. The van der Waals surface area contributed by atoms with E-state index in [0.29, 0.717) is 6.04 Å². The van der Waals surface area contributed by atoms with Crippen molar-refractivity contribution in [3.05, 3.63) is 64.0 Å². The van der Waals surface area contributed by atoms with Crippen LogP contribution in [0.15, 0.2) is 30.3 Å². The van der Waals surface area contributed by atoms with E-state index < -0.39 is 0 Å². The highest BCUT2D eigenvalue weighted by Crippen LogP contribution is 2.21. The Morgan fingerprint density at radius 3 is 2.52 bits per heavy atom. The minimum Gasteiger partial charge on any atom is -0.396 e. The summed E-state index contributed by atoms with van der Waals surface area (Å²) in [5, 5.41) is 9.57. The molecule has 0 saturated carbocycles. The van der Waals surface area contributed by atoms with Crippen molar-refractivity contribution >= 4 is 0 Å². The minimum absolute atomic E-state index is 0.235. The van der Waals surface area contributed by atoms with Crippen LogP contribution in [0.5, 0.6) is 0 Å². The van der Waals surface area contributed by atoms with Gasteiger partial charge in [0.05, 0.1) is 5.69 Å². The smallest absolute Gasteiger partial charge is 0.0547 e. The van der Waals surface area contributed by atoms with Gasteiger partial charge in [0.25, 0.3) is 0 Å². The molecule has 0 unspecified atom stereocenters. The van der Waals surface area contributed by atoms with Crippen molar-refractivity contribution in [2.75, 3.05) is 26.2 Å². The van der Waals surface area contributed by atoms with Crippen LogP contribution in [-0.2, 0) is 13.1 Å². The summed E-state index contributed by atoms with van der Waals surface area (Å²) in [7, 11) is 0. The van der Waals surface area contributed by atoms with Gasteiger partial charge in [0, 0.05) is 51.1 Å². The van der Waals surface area contributed by atoms with E-state index in [2.05, 4.69) is 59.8 Å². The van der Waals surface area contributed by atoms with Crippen LogP contribution in [0.25, 0.3) is 0 Å². The molecule has 1 aliphatic rings. The molecule has 0 spiro atoms. The third kappa shape index (κ3) is 5.16. The van der Waals surface area contributed by atoms with Crippen molar-refractivity contribution < 1.29 is 5.11 Å². The zero-order chi connectivity index (χ0) is 19.4. The third-order valence-corrected chi connectivity index (χ3v) is 5.81. The monoisotopic (exact) mass is 367 g/mol. The Labute approximate surface area is 163 Å². The summed E-state index contributed by atoms with van der Waals surface area (Å²) in [6.45, 7) is 13.8. The molecular weight excluding hydrogens is 334 g/mol. The Morgan fingerprint density at radius 2 is 1.78 bits per heavy atom. The molecule has 3 rings (SSSR count). The Hall–Kier alpha value is -1.75. The van der Waals surface area contributed by atoms with Gasteiger partial charge in [-0.2, -0.15) is 0 Å². The zero-order valence-electron chi connectivity index (χ0n) is 17.2. The van der Waals surface area contributed by atoms with Crippen LogP contribution in [-0.4, -0.2) is 52.2 Å². The number of aryl methyl sites for hydroxylation is 4. The number of aliphatic hydroxyl groups excluding tert-OH is 1. The number of pyridine rings is 1. The van der Waals surface area contributed by atoms with Crippen LogP contribution in [0, 0.1) is 27.7 Å². The highest BCUT2D eigenvalue weighted by Gasteiger charge is 2.27. The van der Waals surface area contributed by atoms with Gasteiger partial charge in [-0.25, -0.2) is 0 Å². The topological polar surface area (TPSA) is 39.6 Å². The maximum absolute atomic E-state index is 9.57. The maximum atomic E-state index is 9.57. The fourth-order valence-corrected chi connectivity index (χ4v) is 4.06. The second-order valence-corrected chi connectivity index (χ2v) is 8.00. The van der Waals surface area contributed by atoms with Gasteiger partial charge >= 0.3 is 0 Å². The van der Waals surface area contributed by atoms with Gasteiger partial charge in [-0.05, 0) is 68.5 Å². The lowest BCUT2D eigenvalue weighted by molar-refractivity contribution is 0.0490. The lowest BCUT2D eigenvalue weighted by Gasteiger charge is -2.41. The summed E-state index contributed by atoms with van der Waals surface area (Å²) in [4.78, 5) is 9.69. The largest absolute Gasteiger partial charge is 0.396 e. The summed E-state index contributed by atoms with van der Waals surface area (Å²) in [6.07, 6.45) is 0.814. The number of rotatable bonds is 6. The van der Waals surface area contributed by atoms with Gasteiger partial charge in [-0.3, -0.25) is 14.8 Å². The maximum Gasteiger partial charge on any atom is 0.0547 e. The normalized spacial score (nSPS) is 18.8. The molecule has 0 amide bonds. The van der Waals surface area contributed by atoms with E-state index in [1.807, 2.05) is 13.0 Å². The van der Waals surface area contributed by atoms with Crippen LogP contribution in [0.1, 0.15) is 40.1 Å². The average Bonchev–Trinajstić information content (AvgIpc) is 2.62. The van der Waals surface area contributed by atoms with E-state index in [1.165, 1.54) is 22.3 Å². The molecule has 4 heteroatoms. The summed E-state index contributed by atoms with van der Waals surface area (Å²) in [5.41, 5.74) is 7.72. The van der Waals surface area contributed by atoms with Gasteiger partial charge < -0.3 is 5.11 Å². The molecule has 1 saturated heterocycles. The Kier molecular flexibility index (Phi) is 6.64. The fraction of sp³-hybridized carbons (Fsp3) is 0.522. The first-order chi connectivity index (χ1) is 13.0. The molecule has 1 aromatic carbocycles. The van der Waals surface area contributed by atoms with Gasteiger partial charge in [0.1, 0.15) is 0 Å². The van der Waals surface area contributed by atoms with Gasteiger partial charge in [0.15, 0.2) is 0 Å². The zero-order valence-corrected chi connectivity index (χ0v) is 17.2. The standard InChI is InChI=1S/C23H33N3O/c1-17-12-19(3)21(13-18(17)2)14-25-9-10-26(23(16-25)8-11-27)15-22-7-5-6-20(4)24-22/h5-7,12-13,23,27H,8-11,14-16H2,1-4H3/t23-/m0/s1. The van der Waals surface area contributed by atoms with E-state index in [4.69, 9.17) is 0 Å². The molecule has 0 radical (unpaired) electrons. The Morgan fingerprint density at radius 1 is 1.00 bits per heavy atom. The van der Waals surface area contributed by atoms with Gasteiger partial charge in [-0.15, -0.1) is 0 Å². The predicted molar refractivity (Wildman–Crippen MR) is 111 cm³/mol. The molecule has 1 N–H and O–H groups in total. The molecule has 2 heterocycles. The van der Waals surface area contributed by atoms with Crippen molar-refractivity contribution in [3.8, 4) is 0 Å². The number of hydrogen-bond donors (Lipinski definition) is 1. The summed E-state index contributed by atoms with van der Waals surface area (Å²) >= 11 is 0. The molecule has 0 bridgehead atoms. The van der Waals surface area contributed by atoms with Crippen molar-refractivity contribution in [1.29, 1.82) is 0 Å². The fourth-order valence-electron chi connectivity index (χ4n) is 4.06. The second-order valence-electron chi connectivity index (χ2n) is 8.00. The number of benzene rings is 1. The molecular formula is C23H33N3O. The van der Waals surface area contributed by atoms with Gasteiger partial charge in [-0.1, -0.05) is 18.2 Å². The molecule has 1 aliphatic heterocycles.